The highest BCUT2D eigenvalue weighted by atomic mass is 16.6. The van der Waals surface area contributed by atoms with E-state index in [0.29, 0.717) is 6.42 Å². The standard InChI is InChI=1S/C22H17N5O2/c28-27(29)18-12-10-16(11-13-18)15-23-26-21(17-6-2-1-3-7-17)14-22-24-19-8-4-5-9-20(19)25-22/h1-13,15H,14H2,(H,24,25)/b23-15-,26-21+. The number of nitro benzene ring substituents is 1. The van der Waals surface area contributed by atoms with E-state index in [2.05, 4.69) is 20.2 Å². The van der Waals surface area contributed by atoms with E-state index in [1.54, 1.807) is 18.3 Å². The summed E-state index contributed by atoms with van der Waals surface area (Å²) < 4.78 is 0. The number of hydrogen-bond donors (Lipinski definition) is 1. The van der Waals surface area contributed by atoms with Crippen LogP contribution in [0.25, 0.3) is 11.0 Å². The number of H-pyrrole nitrogens is 1. The minimum Gasteiger partial charge on any atom is -0.342 e. The molecule has 0 fully saturated rings. The summed E-state index contributed by atoms with van der Waals surface area (Å²) >= 11 is 0. The Hall–Kier alpha value is -4.13. The van der Waals surface area contributed by atoms with Crippen LogP contribution in [0.5, 0.6) is 0 Å². The summed E-state index contributed by atoms with van der Waals surface area (Å²) in [4.78, 5) is 18.3. The molecule has 4 rings (SSSR count). The second-order valence-electron chi connectivity index (χ2n) is 6.38. The first-order valence-corrected chi connectivity index (χ1v) is 9.02. The van der Waals surface area contributed by atoms with Gasteiger partial charge >= 0.3 is 0 Å². The Bertz CT molecular complexity index is 1160. The SMILES string of the molecule is O=[N+]([O-])c1ccc(/C=N\N=C(/Cc2nc3ccccc3[nH]2)c2ccccc2)cc1. The topological polar surface area (TPSA) is 96.5 Å². The summed E-state index contributed by atoms with van der Waals surface area (Å²) in [6, 6.07) is 23.8. The molecule has 0 aliphatic rings. The number of para-hydroxylation sites is 2. The van der Waals surface area contributed by atoms with E-state index in [-0.39, 0.29) is 5.69 Å². The molecule has 0 bridgehead atoms. The molecule has 4 aromatic rings. The van der Waals surface area contributed by atoms with Crippen LogP contribution in [0.4, 0.5) is 5.69 Å². The Morgan fingerprint density at radius 2 is 1.72 bits per heavy atom. The summed E-state index contributed by atoms with van der Waals surface area (Å²) in [5.74, 6) is 0.805. The van der Waals surface area contributed by atoms with Gasteiger partial charge in [-0.1, -0.05) is 42.5 Å². The number of nitrogens with one attached hydrogen (secondary N) is 1. The van der Waals surface area contributed by atoms with Crippen LogP contribution in [-0.4, -0.2) is 26.8 Å². The summed E-state index contributed by atoms with van der Waals surface area (Å²) in [7, 11) is 0. The molecule has 7 nitrogen and oxygen atoms in total. The third kappa shape index (κ3) is 4.41. The normalized spacial score (nSPS) is 11.9. The lowest BCUT2D eigenvalue weighted by molar-refractivity contribution is -0.384. The van der Waals surface area contributed by atoms with Gasteiger partial charge in [-0.25, -0.2) is 4.98 Å². The van der Waals surface area contributed by atoms with Gasteiger partial charge in [0.05, 0.1) is 34.3 Å². The van der Waals surface area contributed by atoms with E-state index in [1.165, 1.54) is 12.1 Å². The van der Waals surface area contributed by atoms with E-state index >= 15 is 0 Å². The molecule has 3 aromatic carbocycles. The first kappa shape index (κ1) is 18.2. The molecular weight excluding hydrogens is 366 g/mol. The number of rotatable bonds is 6. The summed E-state index contributed by atoms with van der Waals surface area (Å²) in [6.07, 6.45) is 2.07. The number of fused-ring (bicyclic) bond motifs is 1. The van der Waals surface area contributed by atoms with Gasteiger partial charge in [0.1, 0.15) is 5.82 Å². The number of aromatic nitrogens is 2. The number of nitrogens with zero attached hydrogens (tertiary/aromatic N) is 4. The molecule has 1 aromatic heterocycles. The van der Waals surface area contributed by atoms with Gasteiger partial charge in [0.2, 0.25) is 0 Å². The zero-order chi connectivity index (χ0) is 20.1. The Kier molecular flexibility index (Phi) is 5.20. The van der Waals surface area contributed by atoms with Crippen LogP contribution in [0, 0.1) is 10.1 Å². The molecule has 0 aliphatic heterocycles. The van der Waals surface area contributed by atoms with Crippen LogP contribution in [0.15, 0.2) is 89.1 Å². The molecular formula is C22H17N5O2. The third-order valence-corrected chi connectivity index (χ3v) is 4.37. The number of nitro groups is 1. The van der Waals surface area contributed by atoms with E-state index in [4.69, 9.17) is 0 Å². The minimum absolute atomic E-state index is 0.0421. The first-order valence-electron chi connectivity index (χ1n) is 9.02. The molecule has 0 atom stereocenters. The quantitative estimate of drug-likeness (QED) is 0.301. The molecule has 1 heterocycles. The van der Waals surface area contributed by atoms with Gasteiger partial charge in [0.15, 0.2) is 0 Å². The van der Waals surface area contributed by atoms with Gasteiger partial charge in [-0.3, -0.25) is 10.1 Å². The maximum atomic E-state index is 10.8. The Balaban J connectivity index is 1.60. The molecule has 0 saturated carbocycles. The largest absolute Gasteiger partial charge is 0.342 e. The zero-order valence-corrected chi connectivity index (χ0v) is 15.4. The van der Waals surface area contributed by atoms with Gasteiger partial charge in [-0.05, 0) is 35.4 Å². The molecule has 0 aliphatic carbocycles. The second kappa shape index (κ2) is 8.26. The van der Waals surface area contributed by atoms with Crippen LogP contribution < -0.4 is 0 Å². The zero-order valence-electron chi connectivity index (χ0n) is 15.4. The Labute approximate surface area is 166 Å². The highest BCUT2D eigenvalue weighted by Crippen LogP contribution is 2.14. The predicted octanol–water partition coefficient (Wildman–Crippen LogP) is 4.54. The molecule has 0 radical (unpaired) electrons. The number of aromatic amines is 1. The van der Waals surface area contributed by atoms with Crippen molar-refractivity contribution in [3.8, 4) is 0 Å². The van der Waals surface area contributed by atoms with Crippen molar-refractivity contribution in [1.29, 1.82) is 0 Å². The Morgan fingerprint density at radius 3 is 2.45 bits per heavy atom. The predicted molar refractivity (Wildman–Crippen MR) is 113 cm³/mol. The maximum absolute atomic E-state index is 10.8. The molecule has 142 valence electrons. The second-order valence-corrected chi connectivity index (χ2v) is 6.38. The van der Waals surface area contributed by atoms with Crippen molar-refractivity contribution >= 4 is 28.6 Å². The van der Waals surface area contributed by atoms with Crippen molar-refractivity contribution in [3.63, 3.8) is 0 Å². The average molecular weight is 383 g/mol. The number of imidazole rings is 1. The van der Waals surface area contributed by atoms with Crippen molar-refractivity contribution in [2.75, 3.05) is 0 Å². The van der Waals surface area contributed by atoms with E-state index in [9.17, 15) is 10.1 Å². The van der Waals surface area contributed by atoms with Gasteiger partial charge in [-0.2, -0.15) is 10.2 Å². The molecule has 0 amide bonds. The average Bonchev–Trinajstić information content (AvgIpc) is 3.16. The number of non-ortho nitro benzene ring substituents is 1. The molecule has 7 heteroatoms. The van der Waals surface area contributed by atoms with Crippen LogP contribution >= 0.6 is 0 Å². The maximum Gasteiger partial charge on any atom is 0.269 e. The van der Waals surface area contributed by atoms with Crippen molar-refractivity contribution in [2.45, 2.75) is 6.42 Å². The van der Waals surface area contributed by atoms with Gasteiger partial charge in [-0.15, -0.1) is 0 Å². The smallest absolute Gasteiger partial charge is 0.269 e. The van der Waals surface area contributed by atoms with E-state index in [0.717, 1.165) is 33.7 Å². The summed E-state index contributed by atoms with van der Waals surface area (Å²) in [5.41, 5.74) is 4.38. The van der Waals surface area contributed by atoms with Crippen LogP contribution in [0.2, 0.25) is 0 Å². The molecule has 29 heavy (non-hydrogen) atoms. The lowest BCUT2D eigenvalue weighted by Crippen LogP contribution is -2.06. The van der Waals surface area contributed by atoms with Crippen molar-refractivity contribution in [2.24, 2.45) is 10.2 Å². The Morgan fingerprint density at radius 1 is 1.00 bits per heavy atom. The van der Waals surface area contributed by atoms with Crippen molar-refractivity contribution in [1.82, 2.24) is 9.97 Å². The highest BCUT2D eigenvalue weighted by Gasteiger charge is 2.09. The highest BCUT2D eigenvalue weighted by molar-refractivity contribution is 6.02. The third-order valence-electron chi connectivity index (χ3n) is 4.37. The van der Waals surface area contributed by atoms with Crippen molar-refractivity contribution in [3.05, 3.63) is 106 Å². The monoisotopic (exact) mass is 383 g/mol. The lowest BCUT2D eigenvalue weighted by atomic mass is 10.1. The number of benzene rings is 3. The first-order chi connectivity index (χ1) is 14.2. The van der Waals surface area contributed by atoms with Gasteiger partial charge in [0.25, 0.3) is 5.69 Å². The summed E-state index contributed by atoms with van der Waals surface area (Å²) in [5, 5.41) is 19.4. The number of hydrogen-bond acceptors (Lipinski definition) is 5. The lowest BCUT2D eigenvalue weighted by Gasteiger charge is -2.03. The van der Waals surface area contributed by atoms with Gasteiger partial charge < -0.3 is 4.98 Å². The summed E-state index contributed by atoms with van der Waals surface area (Å²) in [6.45, 7) is 0. The molecule has 0 saturated heterocycles. The fourth-order valence-corrected chi connectivity index (χ4v) is 2.92. The van der Waals surface area contributed by atoms with E-state index < -0.39 is 4.92 Å². The van der Waals surface area contributed by atoms with Gasteiger partial charge in [0, 0.05) is 12.1 Å². The molecule has 0 unspecified atom stereocenters. The molecule has 0 spiro atoms. The van der Waals surface area contributed by atoms with Crippen LogP contribution in [0.1, 0.15) is 17.0 Å². The van der Waals surface area contributed by atoms with Crippen molar-refractivity contribution < 1.29 is 4.92 Å². The van der Waals surface area contributed by atoms with Crippen LogP contribution in [-0.2, 0) is 6.42 Å². The minimum atomic E-state index is -0.431. The fourth-order valence-electron chi connectivity index (χ4n) is 2.92. The van der Waals surface area contributed by atoms with Crippen LogP contribution in [0.3, 0.4) is 0 Å². The molecule has 1 N–H and O–H groups in total. The van der Waals surface area contributed by atoms with E-state index in [1.807, 2.05) is 54.6 Å². The fraction of sp³-hybridized carbons (Fsp3) is 0.0455.